The highest BCUT2D eigenvalue weighted by molar-refractivity contribution is 5.86. The maximum atomic E-state index is 5.64. The molecule has 0 amide bonds. The Kier molecular flexibility index (Phi) is 3.45. The summed E-state index contributed by atoms with van der Waals surface area (Å²) in [6, 6.07) is 0. The number of aromatic amines is 1. The average molecular weight is 262 g/mol. The van der Waals surface area contributed by atoms with Crippen molar-refractivity contribution in [2.75, 3.05) is 30.8 Å². The number of ether oxygens (including phenoxy) is 1. The molecular formula is C12H18N6O. The van der Waals surface area contributed by atoms with Crippen LogP contribution >= 0.6 is 0 Å². The minimum atomic E-state index is 0.240. The van der Waals surface area contributed by atoms with Crippen molar-refractivity contribution in [1.82, 2.24) is 20.2 Å². The number of hydrogen-bond acceptors (Lipinski definition) is 6. The molecule has 7 heteroatoms. The van der Waals surface area contributed by atoms with Gasteiger partial charge in [-0.05, 0) is 25.2 Å². The van der Waals surface area contributed by atoms with E-state index in [-0.39, 0.29) is 5.95 Å². The molecule has 2 aromatic heterocycles. The van der Waals surface area contributed by atoms with E-state index in [4.69, 9.17) is 10.5 Å². The second kappa shape index (κ2) is 5.40. The Labute approximate surface area is 111 Å². The molecule has 0 aromatic carbocycles. The zero-order valence-electron chi connectivity index (χ0n) is 10.7. The van der Waals surface area contributed by atoms with Gasteiger partial charge >= 0.3 is 0 Å². The van der Waals surface area contributed by atoms with E-state index < -0.39 is 0 Å². The van der Waals surface area contributed by atoms with Crippen molar-refractivity contribution in [3.63, 3.8) is 0 Å². The standard InChI is InChI=1S/C12H18N6O/c13-12-16-10(9-6-15-18-11(9)17-12)14-4-1-5-19-7-8-2-3-8/h6,8H,1-5,7H2,(H4,13,14,15,16,17,18). The summed E-state index contributed by atoms with van der Waals surface area (Å²) in [6.07, 6.45) is 5.30. The van der Waals surface area contributed by atoms with Crippen LogP contribution in [0.1, 0.15) is 19.3 Å². The van der Waals surface area contributed by atoms with Crippen LogP contribution in [-0.2, 0) is 4.74 Å². The van der Waals surface area contributed by atoms with Gasteiger partial charge in [0.15, 0.2) is 5.65 Å². The van der Waals surface area contributed by atoms with Crippen molar-refractivity contribution in [2.45, 2.75) is 19.3 Å². The number of rotatable bonds is 7. The molecule has 2 heterocycles. The highest BCUT2D eigenvalue weighted by Gasteiger charge is 2.20. The number of hydrogen-bond donors (Lipinski definition) is 3. The number of anilines is 2. The fraction of sp³-hybridized carbons (Fsp3) is 0.583. The molecule has 0 bridgehead atoms. The van der Waals surface area contributed by atoms with Crippen LogP contribution in [0.5, 0.6) is 0 Å². The molecule has 1 fully saturated rings. The summed E-state index contributed by atoms with van der Waals surface area (Å²) in [4.78, 5) is 8.25. The Morgan fingerprint density at radius 1 is 1.42 bits per heavy atom. The quantitative estimate of drug-likeness (QED) is 0.647. The van der Waals surface area contributed by atoms with Crippen LogP contribution in [0.4, 0.5) is 11.8 Å². The lowest BCUT2D eigenvalue weighted by Gasteiger charge is -2.07. The van der Waals surface area contributed by atoms with E-state index in [0.717, 1.165) is 43.3 Å². The molecule has 102 valence electrons. The predicted molar refractivity (Wildman–Crippen MR) is 72.7 cm³/mol. The van der Waals surface area contributed by atoms with Crippen LogP contribution in [0, 0.1) is 5.92 Å². The third kappa shape index (κ3) is 3.11. The van der Waals surface area contributed by atoms with Gasteiger partial charge in [-0.25, -0.2) is 0 Å². The van der Waals surface area contributed by atoms with Gasteiger partial charge in [0.1, 0.15) is 5.82 Å². The number of nitrogens with zero attached hydrogens (tertiary/aromatic N) is 3. The van der Waals surface area contributed by atoms with Gasteiger partial charge in [0, 0.05) is 19.8 Å². The minimum Gasteiger partial charge on any atom is -0.381 e. The summed E-state index contributed by atoms with van der Waals surface area (Å²) in [5.41, 5.74) is 6.29. The fourth-order valence-electron chi connectivity index (χ4n) is 1.90. The van der Waals surface area contributed by atoms with E-state index in [1.54, 1.807) is 6.20 Å². The highest BCUT2D eigenvalue weighted by atomic mass is 16.5. The van der Waals surface area contributed by atoms with Gasteiger partial charge in [-0.1, -0.05) is 0 Å². The molecular weight excluding hydrogens is 244 g/mol. The first-order valence-electron chi connectivity index (χ1n) is 6.61. The zero-order chi connectivity index (χ0) is 13.1. The molecule has 3 rings (SSSR count). The van der Waals surface area contributed by atoms with Gasteiger partial charge < -0.3 is 15.8 Å². The number of aromatic nitrogens is 4. The van der Waals surface area contributed by atoms with Gasteiger partial charge in [-0.15, -0.1) is 0 Å². The van der Waals surface area contributed by atoms with Crippen molar-refractivity contribution >= 4 is 22.8 Å². The van der Waals surface area contributed by atoms with Crippen molar-refractivity contribution < 1.29 is 4.74 Å². The summed E-state index contributed by atoms with van der Waals surface area (Å²) < 4.78 is 5.58. The first kappa shape index (κ1) is 12.2. The van der Waals surface area contributed by atoms with Crippen LogP contribution in [-0.4, -0.2) is 39.9 Å². The van der Waals surface area contributed by atoms with Crippen LogP contribution < -0.4 is 11.1 Å². The smallest absolute Gasteiger partial charge is 0.224 e. The third-order valence-electron chi connectivity index (χ3n) is 3.14. The summed E-state index contributed by atoms with van der Waals surface area (Å²) in [5.74, 6) is 1.78. The lowest BCUT2D eigenvalue weighted by molar-refractivity contribution is 0.124. The van der Waals surface area contributed by atoms with Crippen molar-refractivity contribution in [3.8, 4) is 0 Å². The average Bonchev–Trinajstić information content (AvgIpc) is 3.09. The third-order valence-corrected chi connectivity index (χ3v) is 3.14. The molecule has 1 saturated carbocycles. The molecule has 1 aliphatic rings. The second-order valence-electron chi connectivity index (χ2n) is 4.86. The normalized spacial score (nSPS) is 14.9. The maximum absolute atomic E-state index is 5.64. The number of H-pyrrole nitrogens is 1. The van der Waals surface area contributed by atoms with Crippen molar-refractivity contribution in [1.29, 1.82) is 0 Å². The van der Waals surface area contributed by atoms with Gasteiger partial charge in [-0.3, -0.25) is 5.10 Å². The summed E-state index contributed by atoms with van der Waals surface area (Å²) in [7, 11) is 0. The van der Waals surface area contributed by atoms with Gasteiger partial charge in [0.05, 0.1) is 11.6 Å². The van der Waals surface area contributed by atoms with Gasteiger partial charge in [-0.2, -0.15) is 15.1 Å². The second-order valence-corrected chi connectivity index (χ2v) is 4.86. The number of nitrogens with one attached hydrogen (secondary N) is 2. The SMILES string of the molecule is Nc1nc(NCCCOCC2CC2)c2cn[nH]c2n1. The predicted octanol–water partition coefficient (Wildman–Crippen LogP) is 1.16. The zero-order valence-corrected chi connectivity index (χ0v) is 10.7. The minimum absolute atomic E-state index is 0.240. The molecule has 0 atom stereocenters. The van der Waals surface area contributed by atoms with E-state index in [9.17, 15) is 0 Å². The Hall–Kier alpha value is -1.89. The summed E-state index contributed by atoms with van der Waals surface area (Å²) in [6.45, 7) is 2.48. The van der Waals surface area contributed by atoms with Crippen LogP contribution in [0.15, 0.2) is 6.20 Å². The lowest BCUT2D eigenvalue weighted by Crippen LogP contribution is -2.09. The lowest BCUT2D eigenvalue weighted by atomic mass is 10.3. The molecule has 1 aliphatic carbocycles. The van der Waals surface area contributed by atoms with Crippen LogP contribution in [0.25, 0.3) is 11.0 Å². The topological polar surface area (TPSA) is 102 Å². The summed E-state index contributed by atoms with van der Waals surface area (Å²) >= 11 is 0. The molecule has 4 N–H and O–H groups in total. The number of fused-ring (bicyclic) bond motifs is 1. The Bertz CT molecular complexity index is 550. The molecule has 2 aromatic rings. The Balaban J connectivity index is 1.48. The fourth-order valence-corrected chi connectivity index (χ4v) is 1.90. The van der Waals surface area contributed by atoms with E-state index in [1.165, 1.54) is 12.8 Å². The molecule has 0 radical (unpaired) electrons. The van der Waals surface area contributed by atoms with Gasteiger partial charge in [0.25, 0.3) is 0 Å². The molecule has 0 spiro atoms. The molecule has 7 nitrogen and oxygen atoms in total. The first-order valence-corrected chi connectivity index (χ1v) is 6.61. The monoisotopic (exact) mass is 262 g/mol. The largest absolute Gasteiger partial charge is 0.381 e. The highest BCUT2D eigenvalue weighted by Crippen LogP contribution is 2.28. The first-order chi connectivity index (χ1) is 9.33. The molecule has 0 unspecified atom stereocenters. The molecule has 19 heavy (non-hydrogen) atoms. The van der Waals surface area contributed by atoms with E-state index >= 15 is 0 Å². The Morgan fingerprint density at radius 2 is 2.32 bits per heavy atom. The number of nitrogen functional groups attached to an aromatic ring is 1. The van der Waals surface area contributed by atoms with Crippen molar-refractivity contribution in [2.24, 2.45) is 5.92 Å². The number of nitrogens with two attached hydrogens (primary N) is 1. The van der Waals surface area contributed by atoms with E-state index in [0.29, 0.717) is 5.65 Å². The molecule has 0 saturated heterocycles. The Morgan fingerprint density at radius 3 is 3.16 bits per heavy atom. The van der Waals surface area contributed by atoms with E-state index in [2.05, 4.69) is 25.5 Å². The summed E-state index contributed by atoms with van der Waals surface area (Å²) in [5, 5.41) is 10.8. The van der Waals surface area contributed by atoms with Crippen LogP contribution in [0.3, 0.4) is 0 Å². The maximum Gasteiger partial charge on any atom is 0.224 e. The van der Waals surface area contributed by atoms with Crippen molar-refractivity contribution in [3.05, 3.63) is 6.20 Å². The van der Waals surface area contributed by atoms with E-state index in [1.807, 2.05) is 0 Å². The molecule has 0 aliphatic heterocycles. The van der Waals surface area contributed by atoms with Gasteiger partial charge in [0.2, 0.25) is 5.95 Å². The van der Waals surface area contributed by atoms with Crippen LogP contribution in [0.2, 0.25) is 0 Å².